The summed E-state index contributed by atoms with van der Waals surface area (Å²) in [7, 11) is 0. The van der Waals surface area contributed by atoms with Gasteiger partial charge >= 0.3 is 12.1 Å². The van der Waals surface area contributed by atoms with Crippen molar-refractivity contribution in [2.24, 2.45) is 0 Å². The monoisotopic (exact) mass is 218 g/mol. The van der Waals surface area contributed by atoms with Gasteiger partial charge in [0.05, 0.1) is 6.54 Å². The molecule has 1 saturated heterocycles. The van der Waals surface area contributed by atoms with E-state index in [-0.39, 0.29) is 19.5 Å². The van der Waals surface area contributed by atoms with E-state index < -0.39 is 28.2 Å². The van der Waals surface area contributed by atoms with E-state index in [2.05, 4.69) is 0 Å². The third-order valence-corrected chi connectivity index (χ3v) is 3.47. The number of rotatable bonds is 2. The molecule has 6 nitrogen and oxygen atoms in total. The van der Waals surface area contributed by atoms with Gasteiger partial charge in [-0.05, 0) is 6.92 Å². The molecule has 0 saturated carbocycles. The highest BCUT2D eigenvalue weighted by molar-refractivity contribution is 5.80. The maximum absolute atomic E-state index is 11.2. The summed E-state index contributed by atoms with van der Waals surface area (Å²) in [6.45, 7) is 3.10. The Morgan fingerprint density at radius 2 is 2.00 bits per heavy atom. The molecule has 0 aromatic rings. The van der Waals surface area contributed by atoms with Gasteiger partial charge in [0.15, 0.2) is 0 Å². The highest BCUT2D eigenvalue weighted by atomic mass is 16.4. The van der Waals surface area contributed by atoms with E-state index in [0.29, 0.717) is 0 Å². The smallest absolute Gasteiger partial charge is 0.477 e. The predicted octanol–water partition coefficient (Wildman–Crippen LogP) is 0.109. The van der Waals surface area contributed by atoms with Gasteiger partial charge in [-0.25, -0.2) is 9.28 Å². The van der Waals surface area contributed by atoms with Crippen LogP contribution in [0, 0.1) is 0 Å². The predicted molar refractivity (Wildman–Crippen MR) is 50.4 cm³/mol. The zero-order valence-corrected chi connectivity index (χ0v) is 8.80. The van der Waals surface area contributed by atoms with Crippen LogP contribution in [0.3, 0.4) is 0 Å². The first-order valence-electron chi connectivity index (χ1n) is 4.82. The lowest BCUT2D eigenvalue weighted by atomic mass is 9.96. The van der Waals surface area contributed by atoms with Crippen molar-refractivity contribution in [2.75, 3.05) is 13.1 Å². The number of aliphatic carboxylic acids is 1. The van der Waals surface area contributed by atoms with Gasteiger partial charge in [0.25, 0.3) is 0 Å². The number of carboxylic acids is 1. The van der Waals surface area contributed by atoms with E-state index in [0.717, 1.165) is 0 Å². The van der Waals surface area contributed by atoms with Crippen LogP contribution in [-0.4, -0.2) is 56.6 Å². The lowest BCUT2D eigenvalue weighted by molar-refractivity contribution is -0.883. The summed E-state index contributed by atoms with van der Waals surface area (Å²) in [6.07, 6.45) is -2.09. The molecule has 6 heteroatoms. The molecule has 0 aliphatic carbocycles. The highest BCUT2D eigenvalue weighted by Gasteiger charge is 2.64. The lowest BCUT2D eigenvalue weighted by Crippen LogP contribution is -2.65. The molecule has 3 N–H and O–H groups in total. The topological polar surface area (TPSA) is 94.8 Å². The first-order valence-corrected chi connectivity index (χ1v) is 4.82. The van der Waals surface area contributed by atoms with Crippen molar-refractivity contribution >= 4 is 12.1 Å². The number of hydrogen-bond acceptors (Lipinski definition) is 3. The number of carboxylic acid groups (broad SMARTS) is 2. The molecule has 0 aromatic carbocycles. The number of likely N-dealkylation sites (tertiary alicyclic amines) is 1. The minimum Gasteiger partial charge on any atom is -0.477 e. The summed E-state index contributed by atoms with van der Waals surface area (Å²) < 4.78 is -0.608. The van der Waals surface area contributed by atoms with Crippen molar-refractivity contribution in [3.8, 4) is 0 Å². The van der Waals surface area contributed by atoms with Crippen LogP contribution >= 0.6 is 0 Å². The molecule has 0 spiro atoms. The van der Waals surface area contributed by atoms with Crippen LogP contribution < -0.4 is 0 Å². The zero-order valence-electron chi connectivity index (χ0n) is 8.80. The first-order chi connectivity index (χ1) is 6.80. The van der Waals surface area contributed by atoms with Gasteiger partial charge in [-0.2, -0.15) is 4.79 Å². The molecule has 0 aromatic heterocycles. The average Bonchev–Trinajstić information content (AvgIpc) is 2.39. The van der Waals surface area contributed by atoms with Gasteiger partial charge in [-0.3, -0.25) is 0 Å². The molecule has 86 valence electrons. The Labute approximate surface area is 87.3 Å². The second-order valence-corrected chi connectivity index (χ2v) is 4.19. The van der Waals surface area contributed by atoms with Crippen molar-refractivity contribution in [1.82, 2.24) is 0 Å². The maximum Gasteiger partial charge on any atom is 0.514 e. The summed E-state index contributed by atoms with van der Waals surface area (Å²) >= 11 is 0. The quantitative estimate of drug-likeness (QED) is 0.572. The molecule has 1 fully saturated rings. The Morgan fingerprint density at radius 3 is 2.27 bits per heavy atom. The molecule has 1 rings (SSSR count). The molecule has 15 heavy (non-hydrogen) atoms. The van der Waals surface area contributed by atoms with Crippen LogP contribution in [0.4, 0.5) is 4.79 Å². The van der Waals surface area contributed by atoms with E-state index in [1.54, 1.807) is 6.92 Å². The van der Waals surface area contributed by atoms with Gasteiger partial charge in [0.1, 0.15) is 12.6 Å². The van der Waals surface area contributed by atoms with Crippen LogP contribution in [0.5, 0.6) is 0 Å². The van der Waals surface area contributed by atoms with Crippen molar-refractivity contribution in [1.29, 1.82) is 0 Å². The number of hydrogen-bond donors (Lipinski definition) is 3. The van der Waals surface area contributed by atoms with Crippen LogP contribution in [0.1, 0.15) is 20.3 Å². The van der Waals surface area contributed by atoms with Gasteiger partial charge in [0, 0.05) is 13.3 Å². The molecule has 3 atom stereocenters. The highest BCUT2D eigenvalue weighted by Crippen LogP contribution is 2.37. The minimum atomic E-state index is -1.44. The van der Waals surface area contributed by atoms with Crippen molar-refractivity contribution in [2.45, 2.75) is 31.9 Å². The first kappa shape index (κ1) is 11.9. The van der Waals surface area contributed by atoms with Crippen molar-refractivity contribution < 1.29 is 29.4 Å². The zero-order chi connectivity index (χ0) is 11.9. The van der Waals surface area contributed by atoms with Crippen molar-refractivity contribution in [3.63, 3.8) is 0 Å². The molecule has 1 heterocycles. The second-order valence-electron chi connectivity index (χ2n) is 4.19. The number of quaternary nitrogens is 1. The number of aliphatic hydroxyl groups is 1. The summed E-state index contributed by atoms with van der Waals surface area (Å²) in [4.78, 5) is 22.4. The molecule has 0 radical (unpaired) electrons. The van der Waals surface area contributed by atoms with Crippen LogP contribution in [0.25, 0.3) is 0 Å². The molecule has 0 bridgehead atoms. The van der Waals surface area contributed by atoms with Crippen LogP contribution in [-0.2, 0) is 4.79 Å². The SMILES string of the molecule is CC[N+]1(C(=O)O)C[C@H](O)C[C@@]1(C)C(=O)O. The molecule has 1 amide bonds. The van der Waals surface area contributed by atoms with Gasteiger partial charge in [-0.15, -0.1) is 0 Å². The fourth-order valence-electron chi connectivity index (χ4n) is 2.43. The third kappa shape index (κ3) is 1.40. The fraction of sp³-hybridized carbons (Fsp3) is 0.778. The lowest BCUT2D eigenvalue weighted by Gasteiger charge is -2.37. The van der Waals surface area contributed by atoms with Gasteiger partial charge in [-0.1, -0.05) is 0 Å². The molecule has 1 unspecified atom stereocenters. The number of amides is 1. The summed E-state index contributed by atoms with van der Waals surface area (Å²) in [6, 6.07) is 0. The maximum atomic E-state index is 11.2. The normalized spacial score (nSPS) is 40.3. The van der Waals surface area contributed by atoms with Gasteiger partial charge < -0.3 is 15.3 Å². The largest absolute Gasteiger partial charge is 0.514 e. The Morgan fingerprint density at radius 1 is 1.47 bits per heavy atom. The molecular formula is C9H16NO5+. The Hall–Kier alpha value is -1.14. The summed E-state index contributed by atoms with van der Waals surface area (Å²) in [5.41, 5.74) is -1.44. The van der Waals surface area contributed by atoms with E-state index in [1.807, 2.05) is 0 Å². The van der Waals surface area contributed by atoms with E-state index in [9.17, 15) is 14.7 Å². The number of aliphatic hydroxyl groups excluding tert-OH is 1. The van der Waals surface area contributed by atoms with Crippen molar-refractivity contribution in [3.05, 3.63) is 0 Å². The van der Waals surface area contributed by atoms with E-state index >= 15 is 0 Å². The van der Waals surface area contributed by atoms with Gasteiger partial charge in [0.2, 0.25) is 5.54 Å². The van der Waals surface area contributed by atoms with Crippen LogP contribution in [0.15, 0.2) is 0 Å². The number of carbonyl (C=O) groups is 2. The van der Waals surface area contributed by atoms with Crippen LogP contribution in [0.2, 0.25) is 0 Å². The summed E-state index contributed by atoms with van der Waals surface area (Å²) in [5.74, 6) is -1.18. The molecule has 1 aliphatic heterocycles. The average molecular weight is 218 g/mol. The molecule has 1 aliphatic rings. The minimum absolute atomic E-state index is 0.0253. The Bertz CT molecular complexity index is 305. The molecular weight excluding hydrogens is 202 g/mol. The van der Waals surface area contributed by atoms with E-state index in [1.165, 1.54) is 6.92 Å². The van der Waals surface area contributed by atoms with E-state index in [4.69, 9.17) is 10.2 Å². The Kier molecular flexibility index (Phi) is 2.75. The standard InChI is InChI=1S/C9H15NO5/c1-3-10(8(14)15)5-6(11)4-9(10,2)7(12)13/h6,11H,3-5H2,1-2H3,(H-,12,13,14,15)/p+1/t6-,9+,10?/m1/s1. The number of nitrogens with zero attached hydrogens (tertiary/aromatic N) is 1. The second kappa shape index (κ2) is 3.46. The fourth-order valence-corrected chi connectivity index (χ4v) is 2.43. The Balaban J connectivity index is 3.25. The third-order valence-electron chi connectivity index (χ3n) is 3.47. The number of likely N-dealkylation sites (N-methyl/N-ethyl adjacent to an activating group) is 1. The summed E-state index contributed by atoms with van der Waals surface area (Å²) in [5, 5.41) is 27.8.